The van der Waals surface area contributed by atoms with E-state index in [1.807, 2.05) is 0 Å². The minimum Gasteiger partial charge on any atom is -0.452 e. The van der Waals surface area contributed by atoms with Gasteiger partial charge in [0, 0.05) is 19.3 Å². The van der Waals surface area contributed by atoms with Crippen molar-refractivity contribution in [1.29, 1.82) is 0 Å². The lowest BCUT2D eigenvalue weighted by Crippen LogP contribution is -2.45. The molecule has 8 nitrogen and oxygen atoms in total. The predicted molar refractivity (Wildman–Crippen MR) is 87.5 cm³/mol. The normalized spacial score (nSPS) is 18.5. The highest BCUT2D eigenvalue weighted by molar-refractivity contribution is 5.96. The monoisotopic (exact) mass is 388 g/mol. The number of aromatic nitrogens is 1. The minimum atomic E-state index is -4.57. The Morgan fingerprint density at radius 1 is 1.41 bits per heavy atom. The minimum absolute atomic E-state index is 0.0247. The van der Waals surface area contributed by atoms with Crippen molar-refractivity contribution in [3.05, 3.63) is 23.9 Å². The molecule has 0 bridgehead atoms. The zero-order valence-electron chi connectivity index (χ0n) is 14.5. The zero-order valence-corrected chi connectivity index (χ0v) is 14.5. The Kier molecular flexibility index (Phi) is 6.24. The van der Waals surface area contributed by atoms with E-state index in [1.165, 1.54) is 24.1 Å². The molecule has 1 aromatic heterocycles. The second-order valence-corrected chi connectivity index (χ2v) is 6.09. The van der Waals surface area contributed by atoms with Crippen LogP contribution in [0.2, 0.25) is 0 Å². The Morgan fingerprint density at radius 2 is 2.11 bits per heavy atom. The van der Waals surface area contributed by atoms with Gasteiger partial charge in [-0.15, -0.1) is 0 Å². The number of hydrogen-bond acceptors (Lipinski definition) is 6. The molecule has 1 saturated heterocycles. The van der Waals surface area contributed by atoms with Crippen LogP contribution in [0, 0.1) is 5.92 Å². The second-order valence-electron chi connectivity index (χ2n) is 6.09. The van der Waals surface area contributed by atoms with E-state index in [0.717, 1.165) is 6.07 Å². The first kappa shape index (κ1) is 20.5. The molecule has 0 saturated carbocycles. The third-order valence-electron chi connectivity index (χ3n) is 4.05. The van der Waals surface area contributed by atoms with E-state index in [-0.39, 0.29) is 12.4 Å². The highest BCUT2D eigenvalue weighted by atomic mass is 19.4. The van der Waals surface area contributed by atoms with Gasteiger partial charge in [-0.2, -0.15) is 13.2 Å². The first-order chi connectivity index (χ1) is 12.6. The number of piperidine rings is 1. The molecule has 27 heavy (non-hydrogen) atoms. The lowest BCUT2D eigenvalue weighted by molar-refractivity contribution is -0.158. The van der Waals surface area contributed by atoms with E-state index < -0.39 is 41.7 Å². The summed E-state index contributed by atoms with van der Waals surface area (Å²) in [7, 11) is 0. The standard InChI is InChI=1S/C16H19F3N4O4/c1-9(13(24)22-15(20)26)27-14(25)10-4-3-7-23(8-10)12-11(16(17,18)19)5-2-6-21-12/h2,5-6,9-10H,3-4,7-8H2,1H3,(H3,20,22,24,26). The summed E-state index contributed by atoms with van der Waals surface area (Å²) in [5.41, 5.74) is 3.94. The number of ether oxygens (including phenoxy) is 1. The quantitative estimate of drug-likeness (QED) is 0.755. The summed E-state index contributed by atoms with van der Waals surface area (Å²) in [5, 5.41) is 1.79. The summed E-state index contributed by atoms with van der Waals surface area (Å²) in [6.45, 7) is 1.54. The summed E-state index contributed by atoms with van der Waals surface area (Å²) in [6, 6.07) is 1.04. The topological polar surface area (TPSA) is 115 Å². The molecule has 11 heteroatoms. The van der Waals surface area contributed by atoms with Crippen molar-refractivity contribution in [2.45, 2.75) is 32.0 Å². The lowest BCUT2D eigenvalue weighted by atomic mass is 9.97. The number of nitrogens with one attached hydrogen (secondary N) is 1. The third-order valence-corrected chi connectivity index (χ3v) is 4.05. The largest absolute Gasteiger partial charge is 0.452 e. The molecule has 0 aliphatic carbocycles. The molecule has 0 aromatic carbocycles. The van der Waals surface area contributed by atoms with Crippen LogP contribution in [0.1, 0.15) is 25.3 Å². The highest BCUT2D eigenvalue weighted by Gasteiger charge is 2.38. The van der Waals surface area contributed by atoms with Crippen LogP contribution >= 0.6 is 0 Å². The number of imide groups is 1. The fourth-order valence-corrected chi connectivity index (χ4v) is 2.78. The van der Waals surface area contributed by atoms with E-state index in [9.17, 15) is 27.6 Å². The van der Waals surface area contributed by atoms with Crippen LogP contribution < -0.4 is 16.0 Å². The van der Waals surface area contributed by atoms with Crippen molar-refractivity contribution >= 4 is 23.7 Å². The number of anilines is 1. The van der Waals surface area contributed by atoms with Crippen molar-refractivity contribution in [2.75, 3.05) is 18.0 Å². The number of nitrogens with zero attached hydrogens (tertiary/aromatic N) is 2. The Morgan fingerprint density at radius 3 is 2.74 bits per heavy atom. The van der Waals surface area contributed by atoms with E-state index in [2.05, 4.69) is 4.98 Å². The maximum Gasteiger partial charge on any atom is 0.419 e. The Bertz CT molecular complexity index is 726. The summed E-state index contributed by atoms with van der Waals surface area (Å²) >= 11 is 0. The van der Waals surface area contributed by atoms with Crippen molar-refractivity contribution in [3.63, 3.8) is 0 Å². The molecule has 0 spiro atoms. The molecule has 2 heterocycles. The van der Waals surface area contributed by atoms with Gasteiger partial charge in [0.25, 0.3) is 5.91 Å². The molecule has 1 aliphatic heterocycles. The van der Waals surface area contributed by atoms with Gasteiger partial charge in [-0.05, 0) is 31.9 Å². The molecule has 1 aromatic rings. The van der Waals surface area contributed by atoms with Crippen LogP contribution in [-0.2, 0) is 20.5 Å². The first-order valence-electron chi connectivity index (χ1n) is 8.17. The van der Waals surface area contributed by atoms with Gasteiger partial charge in [-0.25, -0.2) is 9.78 Å². The Labute approximate surface area is 152 Å². The van der Waals surface area contributed by atoms with E-state index >= 15 is 0 Å². The average Bonchev–Trinajstić information content (AvgIpc) is 2.60. The van der Waals surface area contributed by atoms with Crippen molar-refractivity contribution < 1.29 is 32.3 Å². The number of pyridine rings is 1. The second kappa shape index (κ2) is 8.23. The molecule has 3 amide bonds. The van der Waals surface area contributed by atoms with Gasteiger partial charge in [0.15, 0.2) is 6.10 Å². The SMILES string of the molecule is CC(OC(=O)C1CCCN(c2ncccc2C(F)(F)F)C1)C(=O)NC(N)=O. The molecule has 1 fully saturated rings. The first-order valence-corrected chi connectivity index (χ1v) is 8.17. The number of halogens is 3. The predicted octanol–water partition coefficient (Wildman–Crippen LogP) is 1.44. The van der Waals surface area contributed by atoms with Crippen molar-refractivity contribution in [1.82, 2.24) is 10.3 Å². The number of rotatable bonds is 4. The molecule has 2 atom stereocenters. The molecular weight excluding hydrogens is 369 g/mol. The maximum absolute atomic E-state index is 13.2. The number of alkyl halides is 3. The molecule has 2 rings (SSSR count). The van der Waals surface area contributed by atoms with Crippen LogP contribution in [0.4, 0.5) is 23.8 Å². The van der Waals surface area contributed by atoms with Gasteiger partial charge in [-0.1, -0.05) is 0 Å². The van der Waals surface area contributed by atoms with Crippen LogP contribution in [-0.4, -0.2) is 42.1 Å². The Hall–Kier alpha value is -2.85. The van der Waals surface area contributed by atoms with Gasteiger partial charge < -0.3 is 15.4 Å². The third kappa shape index (κ3) is 5.31. The molecular formula is C16H19F3N4O4. The fraction of sp³-hybridized carbons (Fsp3) is 0.500. The van der Waals surface area contributed by atoms with Crippen LogP contribution in [0.3, 0.4) is 0 Å². The van der Waals surface area contributed by atoms with Crippen molar-refractivity contribution in [2.24, 2.45) is 11.7 Å². The maximum atomic E-state index is 13.2. The summed E-state index contributed by atoms with van der Waals surface area (Å²) in [6.07, 6.45) is -3.73. The molecule has 0 radical (unpaired) electrons. The van der Waals surface area contributed by atoms with E-state index in [4.69, 9.17) is 10.5 Å². The lowest BCUT2D eigenvalue weighted by Gasteiger charge is -2.34. The number of nitrogens with two attached hydrogens (primary N) is 1. The van der Waals surface area contributed by atoms with Gasteiger partial charge in [0.2, 0.25) is 0 Å². The summed E-state index contributed by atoms with van der Waals surface area (Å²) < 4.78 is 44.6. The number of urea groups is 1. The van der Waals surface area contributed by atoms with Gasteiger partial charge >= 0.3 is 18.2 Å². The van der Waals surface area contributed by atoms with Gasteiger partial charge in [0.1, 0.15) is 5.82 Å². The van der Waals surface area contributed by atoms with Gasteiger partial charge in [0.05, 0.1) is 11.5 Å². The number of primary amides is 1. The van der Waals surface area contributed by atoms with Crippen LogP contribution in [0.5, 0.6) is 0 Å². The number of amides is 3. The molecule has 2 unspecified atom stereocenters. The number of esters is 1. The van der Waals surface area contributed by atoms with E-state index in [1.54, 1.807) is 5.32 Å². The summed E-state index contributed by atoms with van der Waals surface area (Å²) in [5.74, 6) is -2.60. The smallest absolute Gasteiger partial charge is 0.419 e. The zero-order chi connectivity index (χ0) is 20.2. The van der Waals surface area contributed by atoms with Crippen molar-refractivity contribution in [3.8, 4) is 0 Å². The van der Waals surface area contributed by atoms with Gasteiger partial charge in [-0.3, -0.25) is 14.9 Å². The fourth-order valence-electron chi connectivity index (χ4n) is 2.78. The molecule has 3 N–H and O–H groups in total. The molecule has 148 valence electrons. The number of carbonyl (C=O) groups is 3. The summed E-state index contributed by atoms with van der Waals surface area (Å²) in [4.78, 5) is 39.7. The van der Waals surface area contributed by atoms with Crippen LogP contribution in [0.25, 0.3) is 0 Å². The van der Waals surface area contributed by atoms with Crippen LogP contribution in [0.15, 0.2) is 18.3 Å². The molecule has 1 aliphatic rings. The highest BCUT2D eigenvalue weighted by Crippen LogP contribution is 2.36. The average molecular weight is 388 g/mol. The Balaban J connectivity index is 2.07. The number of hydrogen-bond donors (Lipinski definition) is 2. The van der Waals surface area contributed by atoms with E-state index in [0.29, 0.717) is 19.4 Å². The number of carbonyl (C=O) groups excluding carboxylic acids is 3.